The number of piperazine rings is 1. The number of amides is 2. The van der Waals surface area contributed by atoms with E-state index in [0.29, 0.717) is 6.04 Å². The first kappa shape index (κ1) is 16.2. The molecule has 2 rings (SSSR count). The molecule has 0 aromatic rings. The zero-order valence-electron chi connectivity index (χ0n) is 11.8. The van der Waals surface area contributed by atoms with Gasteiger partial charge in [-0.1, -0.05) is 7.43 Å². The normalized spacial score (nSPS) is 24.7. The van der Waals surface area contributed by atoms with Crippen LogP contribution in [0.15, 0.2) is 0 Å². The predicted octanol–water partition coefficient (Wildman–Crippen LogP) is 1.49. The highest BCUT2D eigenvalue weighted by molar-refractivity contribution is 5.75. The Hall–Kier alpha value is -0.810. The highest BCUT2D eigenvalue weighted by Crippen LogP contribution is 2.15. The second-order valence-electron chi connectivity index (χ2n) is 5.49. The van der Waals surface area contributed by atoms with Crippen LogP contribution in [0.1, 0.15) is 27.7 Å². The molecule has 0 N–H and O–H groups in total. The first-order chi connectivity index (χ1) is 8.61. The monoisotopic (exact) mass is 271 g/mol. The van der Waals surface area contributed by atoms with Crippen molar-refractivity contribution in [1.82, 2.24) is 14.7 Å². The van der Waals surface area contributed by atoms with E-state index in [9.17, 15) is 4.79 Å². The van der Waals surface area contributed by atoms with Gasteiger partial charge in [0.2, 0.25) is 0 Å². The van der Waals surface area contributed by atoms with Crippen LogP contribution in [-0.4, -0.2) is 79.3 Å². The second kappa shape index (κ2) is 7.10. The van der Waals surface area contributed by atoms with E-state index in [1.54, 1.807) is 7.11 Å². The van der Waals surface area contributed by atoms with Crippen LogP contribution in [0.2, 0.25) is 0 Å². The summed E-state index contributed by atoms with van der Waals surface area (Å²) in [7, 11) is 1.72. The molecule has 112 valence electrons. The quantitative estimate of drug-likeness (QED) is 0.763. The van der Waals surface area contributed by atoms with Crippen molar-refractivity contribution in [2.75, 3.05) is 46.4 Å². The molecule has 19 heavy (non-hydrogen) atoms. The molecular formula is C14H29N3O2. The van der Waals surface area contributed by atoms with Crippen molar-refractivity contribution >= 4 is 6.03 Å². The van der Waals surface area contributed by atoms with Gasteiger partial charge in [0, 0.05) is 52.4 Å². The Labute approximate surface area is 117 Å². The molecule has 0 bridgehead atoms. The van der Waals surface area contributed by atoms with Gasteiger partial charge >= 0.3 is 6.03 Å². The molecule has 5 heteroatoms. The summed E-state index contributed by atoms with van der Waals surface area (Å²) in [5, 5.41) is 0. The van der Waals surface area contributed by atoms with Crippen molar-refractivity contribution in [2.24, 2.45) is 0 Å². The summed E-state index contributed by atoms with van der Waals surface area (Å²) in [4.78, 5) is 18.7. The van der Waals surface area contributed by atoms with Gasteiger partial charge in [0.15, 0.2) is 0 Å². The van der Waals surface area contributed by atoms with Gasteiger partial charge in [-0.05, 0) is 20.3 Å². The summed E-state index contributed by atoms with van der Waals surface area (Å²) in [5.74, 6) is 0. The van der Waals surface area contributed by atoms with Gasteiger partial charge in [0.25, 0.3) is 0 Å². The van der Waals surface area contributed by atoms with E-state index in [1.165, 1.54) is 0 Å². The number of urea groups is 1. The number of nitrogens with zero attached hydrogens (tertiary/aromatic N) is 3. The van der Waals surface area contributed by atoms with Crippen molar-refractivity contribution in [2.45, 2.75) is 39.8 Å². The van der Waals surface area contributed by atoms with Gasteiger partial charge in [-0.3, -0.25) is 4.90 Å². The molecule has 0 radical (unpaired) electrons. The minimum absolute atomic E-state index is 0. The standard InChI is InChI=1S/C13H25N3O2.CH4/c1-11(2)14-6-8-15(9-7-14)13(17)16-5-4-12(10-16)18-3;/h11-12H,4-10H2,1-3H3;1H4. The Morgan fingerprint density at radius 3 is 2.21 bits per heavy atom. The highest BCUT2D eigenvalue weighted by atomic mass is 16.5. The first-order valence-corrected chi connectivity index (χ1v) is 6.92. The van der Waals surface area contributed by atoms with E-state index in [1.807, 2.05) is 9.80 Å². The van der Waals surface area contributed by atoms with Crippen molar-refractivity contribution in [3.63, 3.8) is 0 Å². The lowest BCUT2D eigenvalue weighted by Crippen LogP contribution is -2.53. The number of rotatable bonds is 2. The van der Waals surface area contributed by atoms with Crippen LogP contribution in [-0.2, 0) is 4.74 Å². The van der Waals surface area contributed by atoms with E-state index in [0.717, 1.165) is 45.7 Å². The Balaban J connectivity index is 0.00000180. The van der Waals surface area contributed by atoms with E-state index in [-0.39, 0.29) is 19.6 Å². The number of hydrogen-bond acceptors (Lipinski definition) is 3. The van der Waals surface area contributed by atoms with Gasteiger partial charge in [0.1, 0.15) is 0 Å². The van der Waals surface area contributed by atoms with Crippen LogP contribution in [0.5, 0.6) is 0 Å². The van der Waals surface area contributed by atoms with Crippen LogP contribution in [0.4, 0.5) is 4.79 Å². The molecule has 0 spiro atoms. The molecule has 2 amide bonds. The van der Waals surface area contributed by atoms with Crippen LogP contribution in [0, 0.1) is 0 Å². The number of carbonyl (C=O) groups excluding carboxylic acids is 1. The maximum Gasteiger partial charge on any atom is 0.320 e. The van der Waals surface area contributed by atoms with Gasteiger partial charge in [0.05, 0.1) is 6.10 Å². The lowest BCUT2D eigenvalue weighted by Gasteiger charge is -2.38. The minimum Gasteiger partial charge on any atom is -0.380 e. The number of carbonyl (C=O) groups is 1. The van der Waals surface area contributed by atoms with Gasteiger partial charge in [-0.25, -0.2) is 4.79 Å². The van der Waals surface area contributed by atoms with Crippen molar-refractivity contribution in [1.29, 1.82) is 0 Å². The molecule has 0 aromatic carbocycles. The average molecular weight is 271 g/mol. The maximum atomic E-state index is 12.3. The fourth-order valence-electron chi connectivity index (χ4n) is 2.72. The SMILES string of the molecule is C.COC1CCN(C(=O)N2CCN(C(C)C)CC2)C1. The van der Waals surface area contributed by atoms with Crippen molar-refractivity contribution in [3.05, 3.63) is 0 Å². The smallest absolute Gasteiger partial charge is 0.320 e. The Kier molecular flexibility index (Phi) is 6.07. The fourth-order valence-corrected chi connectivity index (χ4v) is 2.72. The third-order valence-electron chi connectivity index (χ3n) is 4.06. The summed E-state index contributed by atoms with van der Waals surface area (Å²) in [6.07, 6.45) is 1.19. The summed E-state index contributed by atoms with van der Waals surface area (Å²) in [6, 6.07) is 0.768. The van der Waals surface area contributed by atoms with E-state index >= 15 is 0 Å². The van der Waals surface area contributed by atoms with Crippen LogP contribution < -0.4 is 0 Å². The molecule has 5 nitrogen and oxygen atoms in total. The summed E-state index contributed by atoms with van der Waals surface area (Å²) >= 11 is 0. The molecule has 2 aliphatic heterocycles. The zero-order chi connectivity index (χ0) is 13.1. The Morgan fingerprint density at radius 2 is 1.74 bits per heavy atom. The van der Waals surface area contributed by atoms with E-state index in [4.69, 9.17) is 4.74 Å². The van der Waals surface area contributed by atoms with Crippen molar-refractivity contribution in [3.8, 4) is 0 Å². The molecule has 0 saturated carbocycles. The molecule has 0 aliphatic carbocycles. The fraction of sp³-hybridized carbons (Fsp3) is 0.929. The summed E-state index contributed by atoms with van der Waals surface area (Å²) in [5.41, 5.74) is 0. The lowest BCUT2D eigenvalue weighted by molar-refractivity contribution is 0.0899. The molecule has 2 aliphatic rings. The largest absolute Gasteiger partial charge is 0.380 e. The number of likely N-dealkylation sites (tertiary alicyclic amines) is 1. The van der Waals surface area contributed by atoms with Gasteiger partial charge in [-0.15, -0.1) is 0 Å². The summed E-state index contributed by atoms with van der Waals surface area (Å²) in [6.45, 7) is 9.69. The molecule has 1 unspecified atom stereocenters. The third kappa shape index (κ3) is 3.83. The molecule has 2 heterocycles. The third-order valence-corrected chi connectivity index (χ3v) is 4.06. The van der Waals surface area contributed by atoms with Crippen LogP contribution >= 0.6 is 0 Å². The average Bonchev–Trinajstić information content (AvgIpc) is 2.86. The lowest BCUT2D eigenvalue weighted by atomic mass is 10.2. The van der Waals surface area contributed by atoms with E-state index in [2.05, 4.69) is 18.7 Å². The Bertz CT molecular complexity index is 288. The molecule has 0 aromatic heterocycles. The Morgan fingerprint density at radius 1 is 1.11 bits per heavy atom. The van der Waals surface area contributed by atoms with Crippen LogP contribution in [0.25, 0.3) is 0 Å². The van der Waals surface area contributed by atoms with Crippen LogP contribution in [0.3, 0.4) is 0 Å². The minimum atomic E-state index is 0. The zero-order valence-corrected chi connectivity index (χ0v) is 11.8. The van der Waals surface area contributed by atoms with Gasteiger partial charge in [-0.2, -0.15) is 0 Å². The number of ether oxygens (including phenoxy) is 1. The highest BCUT2D eigenvalue weighted by Gasteiger charge is 2.31. The first-order valence-electron chi connectivity index (χ1n) is 6.92. The topological polar surface area (TPSA) is 36.0 Å². The molecular weight excluding hydrogens is 242 g/mol. The van der Waals surface area contributed by atoms with Crippen molar-refractivity contribution < 1.29 is 9.53 Å². The molecule has 2 fully saturated rings. The molecule has 1 atom stereocenters. The molecule has 2 saturated heterocycles. The summed E-state index contributed by atoms with van der Waals surface area (Å²) < 4.78 is 5.31. The van der Waals surface area contributed by atoms with E-state index < -0.39 is 0 Å². The number of methoxy groups -OCH3 is 1. The second-order valence-corrected chi connectivity index (χ2v) is 5.49. The van der Waals surface area contributed by atoms with Gasteiger partial charge < -0.3 is 14.5 Å². The number of hydrogen-bond donors (Lipinski definition) is 0. The maximum absolute atomic E-state index is 12.3. The predicted molar refractivity (Wildman–Crippen MR) is 77.4 cm³/mol.